The summed E-state index contributed by atoms with van der Waals surface area (Å²) in [6.07, 6.45) is 5.48. The third-order valence-electron chi connectivity index (χ3n) is 6.39. The first-order valence-electron chi connectivity index (χ1n) is 10.9. The van der Waals surface area contributed by atoms with E-state index in [4.69, 9.17) is 0 Å². The summed E-state index contributed by atoms with van der Waals surface area (Å²) in [6, 6.07) is 13.7. The number of carbonyl (C=O) groups excluding carboxylic acids is 2. The molecule has 1 aromatic heterocycles. The highest BCUT2D eigenvalue weighted by molar-refractivity contribution is 6.11. The lowest BCUT2D eigenvalue weighted by Crippen LogP contribution is -2.37. The number of para-hydroxylation sites is 1. The fraction of sp³-hybridized carbons (Fsp3) is 0.320. The van der Waals surface area contributed by atoms with E-state index in [0.29, 0.717) is 28.9 Å². The number of hydrogen-bond acceptors (Lipinski definition) is 3. The molecule has 5 rings (SSSR count). The number of aromatic nitrogens is 1. The van der Waals surface area contributed by atoms with E-state index in [2.05, 4.69) is 10.3 Å². The standard InChI is InChI=1S/C25H24FN3O2/c26-17-12-10-16(11-13-17)14-27-24(30)22-19-8-4-5-9-21(19)28-23-20(22)15-29(25(23)31)18-6-2-1-3-7-18/h4-5,8-13,18H,1-3,6-7,14-15H2,(H,27,30). The van der Waals surface area contributed by atoms with E-state index in [0.717, 1.165) is 36.6 Å². The lowest BCUT2D eigenvalue weighted by Gasteiger charge is -2.30. The number of fused-ring (bicyclic) bond motifs is 2. The molecule has 0 radical (unpaired) electrons. The van der Waals surface area contributed by atoms with Crippen molar-refractivity contribution in [3.05, 3.63) is 76.7 Å². The molecule has 1 fully saturated rings. The van der Waals surface area contributed by atoms with E-state index >= 15 is 0 Å². The topological polar surface area (TPSA) is 62.3 Å². The average Bonchev–Trinajstić information content (AvgIpc) is 3.13. The lowest BCUT2D eigenvalue weighted by atomic mass is 9.94. The Morgan fingerprint density at radius 3 is 2.58 bits per heavy atom. The Bertz CT molecular complexity index is 1150. The Balaban J connectivity index is 1.50. The molecule has 0 atom stereocenters. The lowest BCUT2D eigenvalue weighted by molar-refractivity contribution is 0.0655. The number of benzene rings is 2. The normalized spacial score (nSPS) is 16.5. The molecule has 0 unspecified atom stereocenters. The fourth-order valence-corrected chi connectivity index (χ4v) is 4.78. The zero-order valence-electron chi connectivity index (χ0n) is 17.2. The van der Waals surface area contributed by atoms with E-state index < -0.39 is 0 Å². The van der Waals surface area contributed by atoms with Gasteiger partial charge in [-0.25, -0.2) is 9.37 Å². The first-order valence-corrected chi connectivity index (χ1v) is 10.9. The summed E-state index contributed by atoms with van der Waals surface area (Å²) in [5.74, 6) is -0.618. The van der Waals surface area contributed by atoms with Crippen molar-refractivity contribution in [1.82, 2.24) is 15.2 Å². The van der Waals surface area contributed by atoms with Gasteiger partial charge in [-0.3, -0.25) is 9.59 Å². The number of hydrogen-bond donors (Lipinski definition) is 1. The van der Waals surface area contributed by atoms with Gasteiger partial charge in [0.1, 0.15) is 11.5 Å². The van der Waals surface area contributed by atoms with Crippen LogP contribution in [-0.2, 0) is 13.1 Å². The molecule has 0 spiro atoms. The Kier molecular flexibility index (Phi) is 5.14. The third kappa shape index (κ3) is 3.67. The molecular weight excluding hydrogens is 393 g/mol. The maximum atomic E-state index is 13.3. The summed E-state index contributed by atoms with van der Waals surface area (Å²) in [5.41, 5.74) is 3.09. The zero-order chi connectivity index (χ0) is 21.4. The van der Waals surface area contributed by atoms with Crippen LogP contribution in [0.2, 0.25) is 0 Å². The third-order valence-corrected chi connectivity index (χ3v) is 6.39. The van der Waals surface area contributed by atoms with Gasteiger partial charge in [0.15, 0.2) is 0 Å². The summed E-state index contributed by atoms with van der Waals surface area (Å²) >= 11 is 0. The molecule has 1 aliphatic carbocycles. The molecule has 31 heavy (non-hydrogen) atoms. The summed E-state index contributed by atoms with van der Waals surface area (Å²) in [6.45, 7) is 0.709. The molecule has 2 aliphatic rings. The van der Waals surface area contributed by atoms with Gasteiger partial charge in [0.05, 0.1) is 11.1 Å². The van der Waals surface area contributed by atoms with Gasteiger partial charge >= 0.3 is 0 Å². The Morgan fingerprint density at radius 2 is 1.81 bits per heavy atom. The molecule has 1 N–H and O–H groups in total. The number of pyridine rings is 1. The number of amides is 2. The van der Waals surface area contributed by atoms with Crippen LogP contribution in [0.5, 0.6) is 0 Å². The zero-order valence-corrected chi connectivity index (χ0v) is 17.2. The second-order valence-electron chi connectivity index (χ2n) is 8.37. The van der Waals surface area contributed by atoms with Gasteiger partial charge in [0, 0.05) is 30.1 Å². The quantitative estimate of drug-likeness (QED) is 0.675. The van der Waals surface area contributed by atoms with Crippen LogP contribution >= 0.6 is 0 Å². The van der Waals surface area contributed by atoms with Crippen LogP contribution in [0, 0.1) is 5.82 Å². The van der Waals surface area contributed by atoms with Crippen molar-refractivity contribution in [3.8, 4) is 0 Å². The monoisotopic (exact) mass is 417 g/mol. The van der Waals surface area contributed by atoms with Crippen LogP contribution in [0.15, 0.2) is 48.5 Å². The van der Waals surface area contributed by atoms with E-state index in [1.807, 2.05) is 29.2 Å². The van der Waals surface area contributed by atoms with Crippen LogP contribution in [0.25, 0.3) is 10.9 Å². The van der Waals surface area contributed by atoms with Crippen LogP contribution in [-0.4, -0.2) is 27.7 Å². The summed E-state index contributed by atoms with van der Waals surface area (Å²) in [5, 5.41) is 3.69. The van der Waals surface area contributed by atoms with Crippen molar-refractivity contribution < 1.29 is 14.0 Å². The second kappa shape index (κ2) is 8.10. The molecule has 0 bridgehead atoms. The van der Waals surface area contributed by atoms with Crippen molar-refractivity contribution in [3.63, 3.8) is 0 Å². The molecular formula is C25H24FN3O2. The van der Waals surface area contributed by atoms with E-state index in [9.17, 15) is 14.0 Å². The number of nitrogens with zero attached hydrogens (tertiary/aromatic N) is 2. The second-order valence-corrected chi connectivity index (χ2v) is 8.37. The van der Waals surface area contributed by atoms with Crippen molar-refractivity contribution >= 4 is 22.7 Å². The molecule has 6 heteroatoms. The van der Waals surface area contributed by atoms with Gasteiger partial charge in [-0.1, -0.05) is 49.6 Å². The summed E-state index contributed by atoms with van der Waals surface area (Å²) < 4.78 is 13.2. The van der Waals surface area contributed by atoms with Crippen LogP contribution in [0.3, 0.4) is 0 Å². The van der Waals surface area contributed by atoms with Gasteiger partial charge in [-0.15, -0.1) is 0 Å². The van der Waals surface area contributed by atoms with Crippen LogP contribution in [0.4, 0.5) is 4.39 Å². The van der Waals surface area contributed by atoms with Gasteiger partial charge in [0.25, 0.3) is 11.8 Å². The number of halogens is 1. The predicted octanol–water partition coefficient (Wildman–Crippen LogP) is 4.59. The molecule has 2 heterocycles. The molecule has 158 valence electrons. The number of carbonyl (C=O) groups is 2. The van der Waals surface area contributed by atoms with E-state index in [-0.39, 0.29) is 30.2 Å². The molecule has 0 saturated heterocycles. The first-order chi connectivity index (χ1) is 15.1. The Labute approximate surface area is 180 Å². The van der Waals surface area contributed by atoms with Crippen LogP contribution < -0.4 is 5.32 Å². The minimum absolute atomic E-state index is 0.0692. The Morgan fingerprint density at radius 1 is 1.06 bits per heavy atom. The molecule has 1 saturated carbocycles. The number of rotatable bonds is 4. The highest BCUT2D eigenvalue weighted by Crippen LogP contribution is 2.34. The maximum Gasteiger partial charge on any atom is 0.273 e. The minimum Gasteiger partial charge on any atom is -0.348 e. The smallest absolute Gasteiger partial charge is 0.273 e. The van der Waals surface area contributed by atoms with Gasteiger partial charge in [0.2, 0.25) is 0 Å². The van der Waals surface area contributed by atoms with Gasteiger partial charge in [-0.2, -0.15) is 0 Å². The van der Waals surface area contributed by atoms with Crippen molar-refractivity contribution in [2.24, 2.45) is 0 Å². The highest BCUT2D eigenvalue weighted by atomic mass is 19.1. The maximum absolute atomic E-state index is 13.3. The summed E-state index contributed by atoms with van der Waals surface area (Å²) in [7, 11) is 0. The molecule has 2 aromatic carbocycles. The molecule has 2 amide bonds. The van der Waals surface area contributed by atoms with E-state index in [1.165, 1.54) is 18.6 Å². The first kappa shape index (κ1) is 19.7. The molecule has 3 aromatic rings. The molecule has 5 nitrogen and oxygen atoms in total. The fourth-order valence-electron chi connectivity index (χ4n) is 4.78. The summed E-state index contributed by atoms with van der Waals surface area (Å²) in [4.78, 5) is 33.1. The number of nitrogens with one attached hydrogen (secondary N) is 1. The van der Waals surface area contributed by atoms with Gasteiger partial charge in [-0.05, 0) is 36.6 Å². The van der Waals surface area contributed by atoms with Gasteiger partial charge < -0.3 is 10.2 Å². The average molecular weight is 417 g/mol. The SMILES string of the molecule is O=C(NCc1ccc(F)cc1)c1c2c(nc3ccccc13)C(=O)N(C1CCCCC1)C2. The molecule has 1 aliphatic heterocycles. The largest absolute Gasteiger partial charge is 0.348 e. The van der Waals surface area contributed by atoms with E-state index in [1.54, 1.807) is 12.1 Å². The predicted molar refractivity (Wildman–Crippen MR) is 116 cm³/mol. The highest BCUT2D eigenvalue weighted by Gasteiger charge is 2.37. The van der Waals surface area contributed by atoms with Crippen LogP contribution in [0.1, 0.15) is 64.1 Å². The Hall–Kier alpha value is -3.28. The van der Waals surface area contributed by atoms with Crippen molar-refractivity contribution in [1.29, 1.82) is 0 Å². The minimum atomic E-state index is -0.311. The van der Waals surface area contributed by atoms with Crippen molar-refractivity contribution in [2.75, 3.05) is 0 Å². The van der Waals surface area contributed by atoms with Crippen molar-refractivity contribution in [2.45, 2.75) is 51.2 Å².